The number of nitrogens with zero attached hydrogens (tertiary/aromatic N) is 1. The van der Waals surface area contributed by atoms with E-state index in [0.717, 1.165) is 22.3 Å². The summed E-state index contributed by atoms with van der Waals surface area (Å²) in [6.07, 6.45) is 1.58. The third-order valence-corrected chi connectivity index (χ3v) is 5.18. The minimum absolute atomic E-state index is 0.206. The zero-order valence-electron chi connectivity index (χ0n) is 14.8. The molecule has 0 saturated carbocycles. The van der Waals surface area contributed by atoms with Gasteiger partial charge in [-0.25, -0.2) is 13.1 Å². The molecule has 1 atom stereocenters. The third-order valence-electron chi connectivity index (χ3n) is 4.11. The van der Waals surface area contributed by atoms with Crippen LogP contribution in [-0.2, 0) is 10.0 Å². The number of benzene rings is 2. The van der Waals surface area contributed by atoms with E-state index < -0.39 is 10.0 Å². The highest BCUT2D eigenvalue weighted by atomic mass is 32.2. The number of para-hydroxylation sites is 1. The number of sulfonamides is 1. The van der Waals surface area contributed by atoms with Crippen LogP contribution in [0.4, 0.5) is 0 Å². The standard InChI is InChI=1S/C20H22N2O3S/c1-22(2)18(20-14-17-10-6-7-11-19(17)25-20)15-21-26(23,24)13-12-16-8-4-3-5-9-16/h3-14,18,21H,15H2,1-2H3/b13-12+/t18-/m0/s1. The van der Waals surface area contributed by atoms with Crippen molar-refractivity contribution >= 4 is 27.1 Å². The molecular formula is C20H22N2O3S. The number of likely N-dealkylation sites (N-methyl/N-ethyl adjacent to an activating group) is 1. The average Bonchev–Trinajstić information content (AvgIpc) is 3.04. The maximum atomic E-state index is 12.3. The molecule has 0 aliphatic heterocycles. The Balaban J connectivity index is 1.73. The minimum Gasteiger partial charge on any atom is -0.459 e. The molecule has 0 aliphatic rings. The van der Waals surface area contributed by atoms with E-state index in [9.17, 15) is 8.42 Å². The predicted octanol–water partition coefficient (Wildman–Crippen LogP) is 3.63. The quantitative estimate of drug-likeness (QED) is 0.690. The van der Waals surface area contributed by atoms with Gasteiger partial charge in [-0.1, -0.05) is 48.5 Å². The van der Waals surface area contributed by atoms with Gasteiger partial charge in [-0.15, -0.1) is 0 Å². The molecule has 0 unspecified atom stereocenters. The van der Waals surface area contributed by atoms with E-state index in [4.69, 9.17) is 4.42 Å². The van der Waals surface area contributed by atoms with Crippen LogP contribution in [0.15, 0.2) is 70.5 Å². The van der Waals surface area contributed by atoms with Crippen molar-refractivity contribution in [2.24, 2.45) is 0 Å². The Hall–Kier alpha value is -2.41. The van der Waals surface area contributed by atoms with Crippen molar-refractivity contribution in [1.29, 1.82) is 0 Å². The summed E-state index contributed by atoms with van der Waals surface area (Å²) in [4.78, 5) is 1.93. The number of hydrogen-bond donors (Lipinski definition) is 1. The highest BCUT2D eigenvalue weighted by Crippen LogP contribution is 2.26. The molecule has 0 aliphatic carbocycles. The number of furan rings is 1. The van der Waals surface area contributed by atoms with Gasteiger partial charge >= 0.3 is 0 Å². The summed E-state index contributed by atoms with van der Waals surface area (Å²) in [6.45, 7) is 0.217. The minimum atomic E-state index is -3.55. The third kappa shape index (κ3) is 4.60. The van der Waals surface area contributed by atoms with Crippen LogP contribution in [0.3, 0.4) is 0 Å². The highest BCUT2D eigenvalue weighted by molar-refractivity contribution is 7.92. The molecule has 2 aromatic carbocycles. The van der Waals surface area contributed by atoms with Crippen LogP contribution in [0, 0.1) is 0 Å². The summed E-state index contributed by atoms with van der Waals surface area (Å²) in [5, 5.41) is 2.19. The first-order valence-electron chi connectivity index (χ1n) is 8.32. The fraction of sp³-hybridized carbons (Fsp3) is 0.200. The Morgan fingerprint density at radius 2 is 1.77 bits per heavy atom. The van der Waals surface area contributed by atoms with Crippen LogP contribution in [0.25, 0.3) is 17.0 Å². The zero-order chi connectivity index (χ0) is 18.6. The first-order valence-corrected chi connectivity index (χ1v) is 9.87. The van der Waals surface area contributed by atoms with Crippen molar-refractivity contribution in [3.63, 3.8) is 0 Å². The second-order valence-corrected chi connectivity index (χ2v) is 7.92. The molecule has 6 heteroatoms. The van der Waals surface area contributed by atoms with Crippen molar-refractivity contribution in [2.45, 2.75) is 6.04 Å². The lowest BCUT2D eigenvalue weighted by molar-refractivity contribution is 0.264. The molecule has 0 spiro atoms. The molecule has 0 fully saturated rings. The van der Waals surface area contributed by atoms with Crippen molar-refractivity contribution in [1.82, 2.24) is 9.62 Å². The van der Waals surface area contributed by atoms with Crippen molar-refractivity contribution in [3.05, 3.63) is 77.4 Å². The van der Waals surface area contributed by atoms with Gasteiger partial charge in [0.25, 0.3) is 0 Å². The van der Waals surface area contributed by atoms with Crippen LogP contribution in [0.5, 0.6) is 0 Å². The van der Waals surface area contributed by atoms with Gasteiger partial charge < -0.3 is 4.42 Å². The van der Waals surface area contributed by atoms with Gasteiger partial charge in [-0.05, 0) is 37.9 Å². The van der Waals surface area contributed by atoms with Crippen LogP contribution >= 0.6 is 0 Å². The molecule has 136 valence electrons. The van der Waals surface area contributed by atoms with Gasteiger partial charge in [0.15, 0.2) is 0 Å². The Morgan fingerprint density at radius 3 is 2.46 bits per heavy atom. The molecule has 5 nitrogen and oxygen atoms in total. The molecule has 3 aromatic rings. The van der Waals surface area contributed by atoms with E-state index in [1.807, 2.05) is 79.7 Å². The second kappa shape index (κ2) is 7.86. The molecule has 26 heavy (non-hydrogen) atoms. The van der Waals surface area contributed by atoms with Crippen molar-refractivity contribution in [2.75, 3.05) is 20.6 Å². The molecular weight excluding hydrogens is 348 g/mol. The molecule has 0 bridgehead atoms. The maximum absolute atomic E-state index is 12.3. The first-order chi connectivity index (χ1) is 12.4. The van der Waals surface area contributed by atoms with E-state index >= 15 is 0 Å². The lowest BCUT2D eigenvalue weighted by Crippen LogP contribution is -2.33. The van der Waals surface area contributed by atoms with Gasteiger partial charge in [0, 0.05) is 17.3 Å². The summed E-state index contributed by atoms with van der Waals surface area (Å²) in [7, 11) is 0.244. The Kier molecular flexibility index (Phi) is 5.56. The Bertz CT molecular complexity index is 959. The normalized spacial score (nSPS) is 13.7. The monoisotopic (exact) mass is 370 g/mol. The number of nitrogens with one attached hydrogen (secondary N) is 1. The number of fused-ring (bicyclic) bond motifs is 1. The topological polar surface area (TPSA) is 62.6 Å². The molecule has 3 rings (SSSR count). The highest BCUT2D eigenvalue weighted by Gasteiger charge is 2.20. The SMILES string of the molecule is CN(C)[C@@H](CNS(=O)(=O)/C=C/c1ccccc1)c1cc2ccccc2o1. The van der Waals surface area contributed by atoms with E-state index in [1.54, 1.807) is 6.08 Å². The van der Waals surface area contributed by atoms with E-state index in [-0.39, 0.29) is 12.6 Å². The predicted molar refractivity (Wildman–Crippen MR) is 105 cm³/mol. The summed E-state index contributed by atoms with van der Waals surface area (Å²) in [6, 6.07) is 18.8. The van der Waals surface area contributed by atoms with Gasteiger partial charge in [-0.2, -0.15) is 0 Å². The van der Waals surface area contributed by atoms with E-state index in [2.05, 4.69) is 4.72 Å². The van der Waals surface area contributed by atoms with Gasteiger partial charge in [-0.3, -0.25) is 4.90 Å². The van der Waals surface area contributed by atoms with Crippen LogP contribution < -0.4 is 4.72 Å². The van der Waals surface area contributed by atoms with Crippen molar-refractivity contribution < 1.29 is 12.8 Å². The summed E-state index contributed by atoms with van der Waals surface area (Å²) < 4.78 is 33.1. The van der Waals surface area contributed by atoms with Gasteiger partial charge in [0.1, 0.15) is 11.3 Å². The Morgan fingerprint density at radius 1 is 1.08 bits per heavy atom. The first kappa shape index (κ1) is 18.4. The fourth-order valence-corrected chi connectivity index (χ4v) is 3.50. The molecule has 1 N–H and O–H groups in total. The van der Waals surface area contributed by atoms with Gasteiger partial charge in [0.05, 0.1) is 6.04 Å². The average molecular weight is 370 g/mol. The van der Waals surface area contributed by atoms with Crippen LogP contribution in [-0.4, -0.2) is 34.0 Å². The summed E-state index contributed by atoms with van der Waals surface area (Å²) >= 11 is 0. The summed E-state index contributed by atoms with van der Waals surface area (Å²) in [5.74, 6) is 0.728. The smallest absolute Gasteiger partial charge is 0.233 e. The largest absolute Gasteiger partial charge is 0.459 e. The second-order valence-electron chi connectivity index (χ2n) is 6.27. The zero-order valence-corrected chi connectivity index (χ0v) is 15.6. The van der Waals surface area contributed by atoms with Crippen LogP contribution in [0.1, 0.15) is 17.4 Å². The molecule has 0 saturated heterocycles. The lowest BCUT2D eigenvalue weighted by Gasteiger charge is -2.22. The molecule has 1 heterocycles. The lowest BCUT2D eigenvalue weighted by atomic mass is 10.2. The number of hydrogen-bond acceptors (Lipinski definition) is 4. The Labute approximate surface area is 154 Å². The number of rotatable bonds is 7. The summed E-state index contributed by atoms with van der Waals surface area (Å²) in [5.41, 5.74) is 1.63. The van der Waals surface area contributed by atoms with Gasteiger partial charge in [0.2, 0.25) is 10.0 Å². The van der Waals surface area contributed by atoms with Crippen LogP contribution in [0.2, 0.25) is 0 Å². The fourth-order valence-electron chi connectivity index (χ4n) is 2.68. The molecule has 0 radical (unpaired) electrons. The molecule has 1 aromatic heterocycles. The van der Waals surface area contributed by atoms with E-state index in [0.29, 0.717) is 0 Å². The van der Waals surface area contributed by atoms with E-state index in [1.165, 1.54) is 5.41 Å². The maximum Gasteiger partial charge on any atom is 0.233 e. The molecule has 0 amide bonds. The van der Waals surface area contributed by atoms with Crippen molar-refractivity contribution in [3.8, 4) is 0 Å².